The summed E-state index contributed by atoms with van der Waals surface area (Å²) in [4.78, 5) is 0. The summed E-state index contributed by atoms with van der Waals surface area (Å²) in [6, 6.07) is 7.38. The molecule has 1 N–H and O–H groups in total. The Balaban J connectivity index is 2.69. The summed E-state index contributed by atoms with van der Waals surface area (Å²) in [5.74, 6) is 0. The van der Waals surface area contributed by atoms with E-state index in [1.54, 1.807) is 30.3 Å². The second-order valence-electron chi connectivity index (χ2n) is 3.11. The number of hydrogen-bond donors (Lipinski definition) is 1. The molecule has 0 aliphatic carbocycles. The lowest BCUT2D eigenvalue weighted by Gasteiger charge is -2.13. The van der Waals surface area contributed by atoms with Gasteiger partial charge in [0.2, 0.25) is 0 Å². The fraction of sp³-hybridized carbons (Fsp3) is 0.300. The molecule has 1 atom stereocenters. The third kappa shape index (κ3) is 4.21. The van der Waals surface area contributed by atoms with Crippen LogP contribution in [0.4, 0.5) is 13.2 Å². The lowest BCUT2D eigenvalue weighted by atomic mass is 10.1. The Kier molecular flexibility index (Phi) is 4.33. The highest BCUT2D eigenvalue weighted by Crippen LogP contribution is 2.19. The van der Waals surface area contributed by atoms with Crippen molar-refractivity contribution in [3.8, 4) is 6.07 Å². The van der Waals surface area contributed by atoms with Crippen LogP contribution in [-0.4, -0.2) is 12.7 Å². The van der Waals surface area contributed by atoms with Crippen molar-refractivity contribution in [1.29, 1.82) is 5.26 Å². The topological polar surface area (TPSA) is 35.8 Å². The van der Waals surface area contributed by atoms with E-state index in [1.807, 2.05) is 0 Å². The number of rotatable bonds is 3. The average molecular weight is 293 g/mol. The van der Waals surface area contributed by atoms with Crippen LogP contribution in [0.2, 0.25) is 0 Å². The summed E-state index contributed by atoms with van der Waals surface area (Å²) in [6.45, 7) is -1.18. The maximum absolute atomic E-state index is 12.0. The second-order valence-corrected chi connectivity index (χ2v) is 4.03. The van der Waals surface area contributed by atoms with Crippen LogP contribution in [0, 0.1) is 11.3 Å². The molecule has 2 nitrogen and oxygen atoms in total. The minimum Gasteiger partial charge on any atom is -0.290 e. The SMILES string of the molecule is N#CC(NCC(F)(F)F)c1ccc(Br)cc1. The van der Waals surface area contributed by atoms with Crippen molar-refractivity contribution in [2.45, 2.75) is 12.2 Å². The molecule has 1 aromatic rings. The van der Waals surface area contributed by atoms with Gasteiger partial charge in [-0.15, -0.1) is 0 Å². The smallest absolute Gasteiger partial charge is 0.290 e. The fourth-order valence-corrected chi connectivity index (χ4v) is 1.38. The van der Waals surface area contributed by atoms with Crippen molar-refractivity contribution < 1.29 is 13.2 Å². The first-order valence-electron chi connectivity index (χ1n) is 4.37. The molecule has 0 aliphatic heterocycles. The van der Waals surface area contributed by atoms with E-state index in [2.05, 4.69) is 21.2 Å². The number of nitrogens with one attached hydrogen (secondary N) is 1. The number of halogens is 4. The summed E-state index contributed by atoms with van der Waals surface area (Å²) >= 11 is 3.20. The largest absolute Gasteiger partial charge is 0.401 e. The van der Waals surface area contributed by atoms with Gasteiger partial charge < -0.3 is 0 Å². The van der Waals surface area contributed by atoms with E-state index in [-0.39, 0.29) is 0 Å². The summed E-state index contributed by atoms with van der Waals surface area (Å²) in [5, 5.41) is 10.9. The lowest BCUT2D eigenvalue weighted by Crippen LogP contribution is -2.31. The minimum absolute atomic E-state index is 0.509. The van der Waals surface area contributed by atoms with E-state index in [9.17, 15) is 13.2 Å². The van der Waals surface area contributed by atoms with E-state index in [0.717, 1.165) is 4.47 Å². The van der Waals surface area contributed by atoms with Gasteiger partial charge in [0, 0.05) is 4.47 Å². The van der Waals surface area contributed by atoms with Gasteiger partial charge in [-0.3, -0.25) is 5.32 Å². The van der Waals surface area contributed by atoms with Gasteiger partial charge in [0.05, 0.1) is 12.6 Å². The standard InChI is InChI=1S/C10H8BrF3N2/c11-8-3-1-7(2-4-8)9(5-15)16-6-10(12,13)14/h1-4,9,16H,6H2. The highest BCUT2D eigenvalue weighted by Gasteiger charge is 2.28. The maximum Gasteiger partial charge on any atom is 0.401 e. The molecule has 0 aromatic heterocycles. The molecule has 16 heavy (non-hydrogen) atoms. The molecule has 0 saturated heterocycles. The first kappa shape index (κ1) is 13.0. The fourth-order valence-electron chi connectivity index (χ4n) is 1.11. The minimum atomic E-state index is -4.32. The molecular formula is C10H8BrF3N2. The second kappa shape index (κ2) is 5.32. The zero-order valence-corrected chi connectivity index (χ0v) is 9.64. The summed E-state index contributed by atoms with van der Waals surface area (Å²) in [5.41, 5.74) is 0.509. The molecule has 1 aromatic carbocycles. The number of hydrogen-bond acceptors (Lipinski definition) is 2. The van der Waals surface area contributed by atoms with Crippen LogP contribution in [0.3, 0.4) is 0 Å². The lowest BCUT2D eigenvalue weighted by molar-refractivity contribution is -0.125. The van der Waals surface area contributed by atoms with E-state index < -0.39 is 18.8 Å². The van der Waals surface area contributed by atoms with Crippen molar-refractivity contribution in [3.05, 3.63) is 34.3 Å². The molecule has 0 heterocycles. The third-order valence-corrected chi connectivity index (χ3v) is 2.37. The van der Waals surface area contributed by atoms with Crippen LogP contribution >= 0.6 is 15.9 Å². The summed E-state index contributed by atoms with van der Waals surface area (Å²) < 4.78 is 36.7. The zero-order chi connectivity index (χ0) is 12.2. The van der Waals surface area contributed by atoms with Gasteiger partial charge >= 0.3 is 6.18 Å². The van der Waals surface area contributed by atoms with Crippen LogP contribution < -0.4 is 5.32 Å². The average Bonchev–Trinajstić information content (AvgIpc) is 2.20. The van der Waals surface area contributed by atoms with Crippen LogP contribution in [0.1, 0.15) is 11.6 Å². The van der Waals surface area contributed by atoms with Gasteiger partial charge in [-0.1, -0.05) is 28.1 Å². The molecule has 1 unspecified atom stereocenters. The molecule has 0 spiro atoms. The van der Waals surface area contributed by atoms with Crippen LogP contribution in [0.25, 0.3) is 0 Å². The number of nitriles is 1. The molecule has 86 valence electrons. The number of nitrogens with zero attached hydrogens (tertiary/aromatic N) is 1. The van der Waals surface area contributed by atoms with Crippen molar-refractivity contribution >= 4 is 15.9 Å². The highest BCUT2D eigenvalue weighted by atomic mass is 79.9. The van der Waals surface area contributed by atoms with Crippen LogP contribution in [0.5, 0.6) is 0 Å². The number of alkyl halides is 3. The Labute approximate surface area is 99.2 Å². The first-order chi connectivity index (χ1) is 7.42. The molecule has 0 amide bonds. The monoisotopic (exact) mass is 292 g/mol. The molecule has 0 aliphatic rings. The number of benzene rings is 1. The Bertz CT molecular complexity index is 381. The molecule has 0 fully saturated rings. The molecule has 1 rings (SSSR count). The predicted octanol–water partition coefficient (Wildman–Crippen LogP) is 3.17. The molecular weight excluding hydrogens is 285 g/mol. The van der Waals surface area contributed by atoms with Crippen molar-refractivity contribution in [2.24, 2.45) is 0 Å². The molecule has 6 heteroatoms. The van der Waals surface area contributed by atoms with E-state index in [1.165, 1.54) is 0 Å². The Morgan fingerprint density at radius 1 is 1.31 bits per heavy atom. The quantitative estimate of drug-likeness (QED) is 0.929. The third-order valence-electron chi connectivity index (χ3n) is 1.84. The summed E-state index contributed by atoms with van der Waals surface area (Å²) in [6.07, 6.45) is -4.32. The first-order valence-corrected chi connectivity index (χ1v) is 5.17. The van der Waals surface area contributed by atoms with Gasteiger partial charge in [0.15, 0.2) is 0 Å². The predicted molar refractivity (Wildman–Crippen MR) is 56.6 cm³/mol. The van der Waals surface area contributed by atoms with Gasteiger partial charge in [0.25, 0.3) is 0 Å². The van der Waals surface area contributed by atoms with Crippen LogP contribution in [0.15, 0.2) is 28.7 Å². The Hall–Kier alpha value is -1.06. The van der Waals surface area contributed by atoms with E-state index in [4.69, 9.17) is 5.26 Å². The molecule has 0 radical (unpaired) electrons. The van der Waals surface area contributed by atoms with Crippen molar-refractivity contribution in [3.63, 3.8) is 0 Å². The summed E-state index contributed by atoms with van der Waals surface area (Å²) in [7, 11) is 0. The van der Waals surface area contributed by atoms with E-state index in [0.29, 0.717) is 5.56 Å². The highest BCUT2D eigenvalue weighted by molar-refractivity contribution is 9.10. The van der Waals surface area contributed by atoms with Crippen LogP contribution in [-0.2, 0) is 0 Å². The Morgan fingerprint density at radius 2 is 1.88 bits per heavy atom. The van der Waals surface area contributed by atoms with E-state index >= 15 is 0 Å². The Morgan fingerprint density at radius 3 is 2.31 bits per heavy atom. The molecule has 0 saturated carbocycles. The zero-order valence-electron chi connectivity index (χ0n) is 8.05. The molecule has 0 bridgehead atoms. The van der Waals surface area contributed by atoms with Crippen molar-refractivity contribution in [1.82, 2.24) is 5.32 Å². The van der Waals surface area contributed by atoms with Gasteiger partial charge in [-0.25, -0.2) is 0 Å². The van der Waals surface area contributed by atoms with Gasteiger partial charge in [-0.05, 0) is 17.7 Å². The van der Waals surface area contributed by atoms with Crippen molar-refractivity contribution in [2.75, 3.05) is 6.54 Å². The van der Waals surface area contributed by atoms with Gasteiger partial charge in [0.1, 0.15) is 6.04 Å². The maximum atomic E-state index is 12.0. The normalized spacial score (nSPS) is 13.2. The van der Waals surface area contributed by atoms with Gasteiger partial charge in [-0.2, -0.15) is 18.4 Å².